The van der Waals surface area contributed by atoms with Gasteiger partial charge in [-0.1, -0.05) is 35.9 Å². The Labute approximate surface area is 164 Å². The number of nitrogens with one attached hydrogen (secondary N) is 1. The van der Waals surface area contributed by atoms with Crippen molar-refractivity contribution in [3.8, 4) is 0 Å². The predicted octanol–water partition coefficient (Wildman–Crippen LogP) is 3.96. The first-order valence-electron chi connectivity index (χ1n) is 8.85. The van der Waals surface area contributed by atoms with Gasteiger partial charge in [-0.2, -0.15) is 0 Å². The average molecular weight is 391 g/mol. The van der Waals surface area contributed by atoms with E-state index in [1.165, 1.54) is 17.0 Å². The lowest BCUT2D eigenvalue weighted by Gasteiger charge is -2.29. The van der Waals surface area contributed by atoms with Crippen molar-refractivity contribution in [3.63, 3.8) is 0 Å². The van der Waals surface area contributed by atoms with Crippen molar-refractivity contribution in [2.45, 2.75) is 45.8 Å². The van der Waals surface area contributed by atoms with Crippen LogP contribution in [0.4, 0.5) is 4.39 Å². The van der Waals surface area contributed by atoms with Gasteiger partial charge < -0.3 is 10.2 Å². The van der Waals surface area contributed by atoms with Gasteiger partial charge in [0.1, 0.15) is 11.9 Å². The van der Waals surface area contributed by atoms with Gasteiger partial charge in [-0.3, -0.25) is 9.59 Å². The molecule has 0 radical (unpaired) electrons. The van der Waals surface area contributed by atoms with Crippen LogP contribution >= 0.6 is 11.6 Å². The second-order valence-corrected chi connectivity index (χ2v) is 7.23. The maximum Gasteiger partial charge on any atom is 0.242 e. The minimum atomic E-state index is -0.663. The van der Waals surface area contributed by atoms with Gasteiger partial charge in [0.25, 0.3) is 0 Å². The van der Waals surface area contributed by atoms with E-state index in [0.717, 1.165) is 11.1 Å². The molecule has 0 aromatic heterocycles. The second kappa shape index (κ2) is 9.51. The summed E-state index contributed by atoms with van der Waals surface area (Å²) in [7, 11) is 0. The SMILES string of the molecule is CC(C)NC(=O)[C@H](C)N(Cc1ccc(F)cc1)C(=O)Cc1cccc(Cl)c1. The zero-order valence-corrected chi connectivity index (χ0v) is 16.5. The lowest BCUT2D eigenvalue weighted by molar-refractivity contribution is -0.140. The highest BCUT2D eigenvalue weighted by Crippen LogP contribution is 2.15. The van der Waals surface area contributed by atoms with E-state index in [9.17, 15) is 14.0 Å². The first-order chi connectivity index (χ1) is 12.8. The molecular weight excluding hydrogens is 367 g/mol. The molecule has 0 saturated heterocycles. The second-order valence-electron chi connectivity index (χ2n) is 6.79. The van der Waals surface area contributed by atoms with Crippen molar-refractivity contribution in [1.29, 1.82) is 0 Å². The number of carbonyl (C=O) groups excluding carboxylic acids is 2. The molecule has 1 atom stereocenters. The third kappa shape index (κ3) is 6.36. The topological polar surface area (TPSA) is 49.4 Å². The van der Waals surface area contributed by atoms with Crippen LogP contribution in [0.2, 0.25) is 5.02 Å². The maximum absolute atomic E-state index is 13.2. The predicted molar refractivity (Wildman–Crippen MR) is 105 cm³/mol. The standard InChI is InChI=1S/C21H24ClFN2O2/c1-14(2)24-21(27)15(3)25(13-16-7-9-19(23)10-8-16)20(26)12-17-5-4-6-18(22)11-17/h4-11,14-15H,12-13H2,1-3H3,(H,24,27)/t15-/m0/s1. The Morgan fingerprint density at radius 3 is 2.33 bits per heavy atom. The van der Waals surface area contributed by atoms with Crippen LogP contribution in [0.25, 0.3) is 0 Å². The van der Waals surface area contributed by atoms with Crippen molar-refractivity contribution < 1.29 is 14.0 Å². The summed E-state index contributed by atoms with van der Waals surface area (Å²) in [6.07, 6.45) is 0.126. The van der Waals surface area contributed by atoms with E-state index < -0.39 is 6.04 Å². The average Bonchev–Trinajstić information content (AvgIpc) is 2.60. The molecule has 4 nitrogen and oxygen atoms in total. The van der Waals surface area contributed by atoms with Crippen LogP contribution in [-0.2, 0) is 22.6 Å². The highest BCUT2D eigenvalue weighted by molar-refractivity contribution is 6.30. The van der Waals surface area contributed by atoms with Crippen LogP contribution in [0.1, 0.15) is 31.9 Å². The molecule has 2 aromatic rings. The Hall–Kier alpha value is -2.40. The third-order valence-electron chi connectivity index (χ3n) is 4.11. The number of hydrogen-bond acceptors (Lipinski definition) is 2. The molecule has 0 aliphatic heterocycles. The van der Waals surface area contributed by atoms with E-state index in [-0.39, 0.29) is 36.6 Å². The summed E-state index contributed by atoms with van der Waals surface area (Å²) in [4.78, 5) is 26.9. The first-order valence-corrected chi connectivity index (χ1v) is 9.23. The molecular formula is C21H24ClFN2O2. The van der Waals surface area contributed by atoms with Crippen molar-refractivity contribution in [3.05, 3.63) is 70.5 Å². The van der Waals surface area contributed by atoms with Gasteiger partial charge in [-0.15, -0.1) is 0 Å². The summed E-state index contributed by atoms with van der Waals surface area (Å²) in [6.45, 7) is 5.63. The molecule has 1 N–H and O–H groups in total. The molecule has 0 aliphatic carbocycles. The fraction of sp³-hybridized carbons (Fsp3) is 0.333. The number of carbonyl (C=O) groups is 2. The molecule has 6 heteroatoms. The minimum Gasteiger partial charge on any atom is -0.352 e. The summed E-state index contributed by atoms with van der Waals surface area (Å²) >= 11 is 6.00. The Morgan fingerprint density at radius 2 is 1.74 bits per heavy atom. The van der Waals surface area contributed by atoms with E-state index in [1.54, 1.807) is 37.3 Å². The highest BCUT2D eigenvalue weighted by atomic mass is 35.5. The van der Waals surface area contributed by atoms with Gasteiger partial charge in [0.2, 0.25) is 11.8 Å². The lowest BCUT2D eigenvalue weighted by Crippen LogP contribution is -2.49. The number of amides is 2. The van der Waals surface area contributed by atoms with E-state index in [2.05, 4.69) is 5.32 Å². The molecule has 0 heterocycles. The van der Waals surface area contributed by atoms with Crippen LogP contribution in [-0.4, -0.2) is 28.8 Å². The molecule has 2 aromatic carbocycles. The van der Waals surface area contributed by atoms with Crippen LogP contribution in [0.15, 0.2) is 48.5 Å². The summed E-state index contributed by atoms with van der Waals surface area (Å²) in [5.74, 6) is -0.777. The molecule has 0 bridgehead atoms. The van der Waals surface area contributed by atoms with Gasteiger partial charge in [0.05, 0.1) is 6.42 Å². The Balaban J connectivity index is 2.22. The van der Waals surface area contributed by atoms with Crippen LogP contribution < -0.4 is 5.32 Å². The molecule has 2 amide bonds. The molecule has 0 spiro atoms. The molecule has 27 heavy (non-hydrogen) atoms. The number of rotatable bonds is 7. The van der Waals surface area contributed by atoms with Crippen molar-refractivity contribution >= 4 is 23.4 Å². The number of nitrogens with zero attached hydrogens (tertiary/aromatic N) is 1. The Bertz CT molecular complexity index is 793. The fourth-order valence-electron chi connectivity index (χ4n) is 2.70. The third-order valence-corrected chi connectivity index (χ3v) is 4.34. The zero-order valence-electron chi connectivity index (χ0n) is 15.7. The van der Waals surface area contributed by atoms with E-state index in [4.69, 9.17) is 11.6 Å². The van der Waals surface area contributed by atoms with Gasteiger partial charge in [-0.05, 0) is 56.2 Å². The van der Waals surface area contributed by atoms with Crippen molar-refractivity contribution in [2.24, 2.45) is 0 Å². The molecule has 0 unspecified atom stereocenters. The largest absolute Gasteiger partial charge is 0.352 e. The zero-order chi connectivity index (χ0) is 20.0. The molecule has 0 saturated carbocycles. The smallest absolute Gasteiger partial charge is 0.242 e. The summed E-state index contributed by atoms with van der Waals surface area (Å²) in [5, 5.41) is 3.38. The molecule has 144 valence electrons. The monoisotopic (exact) mass is 390 g/mol. The normalized spacial score (nSPS) is 11.9. The number of halogens is 2. The van der Waals surface area contributed by atoms with E-state index in [0.29, 0.717) is 5.02 Å². The highest BCUT2D eigenvalue weighted by Gasteiger charge is 2.26. The van der Waals surface area contributed by atoms with Crippen molar-refractivity contribution in [2.75, 3.05) is 0 Å². The summed E-state index contributed by atoms with van der Waals surface area (Å²) < 4.78 is 13.2. The maximum atomic E-state index is 13.2. The van der Waals surface area contributed by atoms with Crippen LogP contribution in [0.3, 0.4) is 0 Å². The van der Waals surface area contributed by atoms with Gasteiger partial charge >= 0.3 is 0 Å². The van der Waals surface area contributed by atoms with Gasteiger partial charge in [0.15, 0.2) is 0 Å². The summed E-state index contributed by atoms with van der Waals surface area (Å²) in [6, 6.07) is 12.3. The lowest BCUT2D eigenvalue weighted by atomic mass is 10.1. The Kier molecular flexibility index (Phi) is 7.36. The van der Waals surface area contributed by atoms with Crippen LogP contribution in [0, 0.1) is 5.82 Å². The molecule has 0 fully saturated rings. The summed E-state index contributed by atoms with van der Waals surface area (Å²) in [5.41, 5.74) is 1.52. The first kappa shape index (κ1) is 20.9. The fourth-order valence-corrected chi connectivity index (χ4v) is 2.91. The number of benzene rings is 2. The molecule has 0 aliphatic rings. The molecule has 2 rings (SSSR count). The van der Waals surface area contributed by atoms with E-state index >= 15 is 0 Å². The van der Waals surface area contributed by atoms with Crippen molar-refractivity contribution in [1.82, 2.24) is 10.2 Å². The number of hydrogen-bond donors (Lipinski definition) is 1. The quantitative estimate of drug-likeness (QED) is 0.777. The van der Waals surface area contributed by atoms with Crippen LogP contribution in [0.5, 0.6) is 0 Å². The van der Waals surface area contributed by atoms with Gasteiger partial charge in [-0.25, -0.2) is 4.39 Å². The Morgan fingerprint density at radius 1 is 1.07 bits per heavy atom. The van der Waals surface area contributed by atoms with Gasteiger partial charge in [0, 0.05) is 17.6 Å². The van der Waals surface area contributed by atoms with E-state index in [1.807, 2.05) is 19.9 Å². The minimum absolute atomic E-state index is 0.0318.